The van der Waals surface area contributed by atoms with Crippen molar-refractivity contribution in [3.05, 3.63) is 23.1 Å². The molecule has 1 heterocycles. The second-order valence-electron chi connectivity index (χ2n) is 4.84. The minimum Gasteiger partial charge on any atom is -0.413 e. The van der Waals surface area contributed by atoms with Crippen LogP contribution in [0.1, 0.15) is 32.6 Å². The predicted molar refractivity (Wildman–Crippen MR) is 69.4 cm³/mol. The maximum absolute atomic E-state index is 5.82. The summed E-state index contributed by atoms with van der Waals surface area (Å²) >= 11 is 0. The van der Waals surface area contributed by atoms with Gasteiger partial charge in [-0.1, -0.05) is 6.42 Å². The van der Waals surface area contributed by atoms with Crippen molar-refractivity contribution in [1.82, 2.24) is 5.48 Å². The summed E-state index contributed by atoms with van der Waals surface area (Å²) in [5.41, 5.74) is 10.7. The second-order valence-corrected chi connectivity index (χ2v) is 4.84. The number of hydroxylamine groups is 1. The van der Waals surface area contributed by atoms with Gasteiger partial charge in [-0.15, -0.1) is 5.48 Å². The summed E-state index contributed by atoms with van der Waals surface area (Å²) in [6, 6.07) is 0.386. The van der Waals surface area contributed by atoms with Gasteiger partial charge in [0.2, 0.25) is 0 Å². The van der Waals surface area contributed by atoms with Gasteiger partial charge in [0.1, 0.15) is 5.76 Å². The zero-order valence-electron chi connectivity index (χ0n) is 10.6. The predicted octanol–water partition coefficient (Wildman–Crippen LogP) is 1.90. The molecular weight excluding hydrogens is 214 g/mol. The summed E-state index contributed by atoms with van der Waals surface area (Å²) in [5.74, 6) is 1.71. The Morgan fingerprint density at radius 1 is 1.65 bits per heavy atom. The Bertz CT molecular complexity index is 363. The van der Waals surface area contributed by atoms with Gasteiger partial charge in [-0.2, -0.15) is 0 Å². The molecule has 3 N–H and O–H groups in total. The lowest BCUT2D eigenvalue weighted by atomic mass is 9.80. The highest BCUT2D eigenvalue weighted by Crippen LogP contribution is 2.33. The normalized spacial score (nSPS) is 26.5. The van der Waals surface area contributed by atoms with Crippen LogP contribution in [0.2, 0.25) is 0 Å². The maximum atomic E-state index is 5.82. The Morgan fingerprint density at radius 2 is 2.41 bits per heavy atom. The van der Waals surface area contributed by atoms with E-state index in [0.717, 1.165) is 29.4 Å². The van der Waals surface area contributed by atoms with E-state index in [0.29, 0.717) is 6.04 Å². The molecular formula is C13H21N3O. The van der Waals surface area contributed by atoms with E-state index in [9.17, 15) is 0 Å². The van der Waals surface area contributed by atoms with E-state index >= 15 is 0 Å². The minimum absolute atomic E-state index is 0.386. The summed E-state index contributed by atoms with van der Waals surface area (Å²) in [4.78, 5) is 9.52. The molecule has 1 aliphatic heterocycles. The highest BCUT2D eigenvalue weighted by atomic mass is 16.7. The monoisotopic (exact) mass is 235 g/mol. The van der Waals surface area contributed by atoms with Crippen LogP contribution in [-0.4, -0.2) is 19.3 Å². The molecule has 1 atom stereocenters. The molecule has 4 nitrogen and oxygen atoms in total. The molecule has 4 heteroatoms. The molecule has 0 saturated heterocycles. The van der Waals surface area contributed by atoms with Crippen molar-refractivity contribution < 1.29 is 4.84 Å². The third kappa shape index (κ3) is 2.88. The molecule has 1 unspecified atom stereocenters. The van der Waals surface area contributed by atoms with Crippen molar-refractivity contribution in [2.75, 3.05) is 7.05 Å². The Morgan fingerprint density at radius 3 is 2.94 bits per heavy atom. The maximum Gasteiger partial charge on any atom is 0.126 e. The lowest BCUT2D eigenvalue weighted by molar-refractivity contribution is 0.0811. The molecule has 0 aromatic rings. The van der Waals surface area contributed by atoms with Crippen molar-refractivity contribution >= 4 is 6.21 Å². The molecule has 1 aliphatic carbocycles. The van der Waals surface area contributed by atoms with Crippen molar-refractivity contribution in [3.8, 4) is 0 Å². The lowest BCUT2D eigenvalue weighted by Crippen LogP contribution is -2.33. The van der Waals surface area contributed by atoms with Gasteiger partial charge in [0, 0.05) is 25.4 Å². The van der Waals surface area contributed by atoms with Gasteiger partial charge >= 0.3 is 0 Å². The van der Waals surface area contributed by atoms with Crippen LogP contribution < -0.4 is 11.2 Å². The molecule has 1 saturated carbocycles. The third-order valence-electron chi connectivity index (χ3n) is 3.51. The molecule has 94 valence electrons. The first-order chi connectivity index (χ1) is 8.20. The zero-order chi connectivity index (χ0) is 12.3. The smallest absolute Gasteiger partial charge is 0.126 e. The summed E-state index contributed by atoms with van der Waals surface area (Å²) in [5, 5.41) is 0. The first kappa shape index (κ1) is 12.2. The number of hydrogen-bond acceptors (Lipinski definition) is 4. The summed E-state index contributed by atoms with van der Waals surface area (Å²) in [6.07, 6.45) is 8.67. The molecule has 0 aromatic heterocycles. The van der Waals surface area contributed by atoms with Crippen LogP contribution in [0.15, 0.2) is 28.1 Å². The molecule has 0 radical (unpaired) electrons. The van der Waals surface area contributed by atoms with Gasteiger partial charge in [0.05, 0.1) is 6.04 Å². The van der Waals surface area contributed by atoms with Crippen LogP contribution in [-0.2, 0) is 4.84 Å². The number of rotatable bonds is 4. The average Bonchev–Trinajstić information content (AvgIpc) is 2.63. The van der Waals surface area contributed by atoms with E-state index in [1.54, 1.807) is 13.3 Å². The number of aliphatic imine (C=N–C) groups is 1. The van der Waals surface area contributed by atoms with Crippen LogP contribution in [0, 0.1) is 5.92 Å². The van der Waals surface area contributed by atoms with E-state index in [1.165, 1.54) is 19.3 Å². The molecule has 0 amide bonds. The Labute approximate surface area is 103 Å². The highest BCUT2D eigenvalue weighted by molar-refractivity contribution is 5.79. The van der Waals surface area contributed by atoms with Crippen LogP contribution >= 0.6 is 0 Å². The number of nitrogens with two attached hydrogens (primary N) is 1. The second kappa shape index (κ2) is 5.36. The molecule has 0 bridgehead atoms. The molecule has 0 spiro atoms. The largest absolute Gasteiger partial charge is 0.413 e. The molecule has 1 fully saturated rings. The SMILES string of the molecule is CN=CC(CC1=CC(C2CCC2)NO1)=C(C)N. The Hall–Kier alpha value is -1.29. The summed E-state index contributed by atoms with van der Waals surface area (Å²) < 4.78 is 0. The summed E-state index contributed by atoms with van der Waals surface area (Å²) in [6.45, 7) is 1.89. The fourth-order valence-electron chi connectivity index (χ4n) is 2.17. The van der Waals surface area contributed by atoms with Crippen LogP contribution in [0.5, 0.6) is 0 Å². The van der Waals surface area contributed by atoms with E-state index in [1.807, 2.05) is 6.92 Å². The summed E-state index contributed by atoms with van der Waals surface area (Å²) in [7, 11) is 1.75. The first-order valence-electron chi connectivity index (χ1n) is 6.21. The average molecular weight is 235 g/mol. The quantitative estimate of drug-likeness (QED) is 0.732. The van der Waals surface area contributed by atoms with E-state index < -0.39 is 0 Å². The zero-order valence-corrected chi connectivity index (χ0v) is 10.6. The number of nitrogens with one attached hydrogen (secondary N) is 1. The first-order valence-corrected chi connectivity index (χ1v) is 6.21. The van der Waals surface area contributed by atoms with Gasteiger partial charge in [-0.3, -0.25) is 4.99 Å². The van der Waals surface area contributed by atoms with Gasteiger partial charge < -0.3 is 10.6 Å². The number of allylic oxidation sites excluding steroid dienone is 2. The van der Waals surface area contributed by atoms with Gasteiger partial charge in [0.25, 0.3) is 0 Å². The van der Waals surface area contributed by atoms with Gasteiger partial charge in [-0.05, 0) is 37.3 Å². The third-order valence-corrected chi connectivity index (χ3v) is 3.51. The minimum atomic E-state index is 0.386. The fraction of sp³-hybridized carbons (Fsp3) is 0.615. The lowest BCUT2D eigenvalue weighted by Gasteiger charge is -2.28. The van der Waals surface area contributed by atoms with Crippen LogP contribution in [0.4, 0.5) is 0 Å². The van der Waals surface area contributed by atoms with E-state index in [-0.39, 0.29) is 0 Å². The standard InChI is InChI=1S/C13H21N3O/c1-9(14)11(8-15-2)6-12-7-13(16-17-12)10-4-3-5-10/h7-8,10,13,16H,3-6,14H2,1-2H3. The fourth-order valence-corrected chi connectivity index (χ4v) is 2.17. The van der Waals surface area contributed by atoms with Crippen molar-refractivity contribution in [3.63, 3.8) is 0 Å². The van der Waals surface area contributed by atoms with E-state index in [4.69, 9.17) is 10.6 Å². The van der Waals surface area contributed by atoms with Crippen molar-refractivity contribution in [2.24, 2.45) is 16.6 Å². The topological polar surface area (TPSA) is 59.6 Å². The highest BCUT2D eigenvalue weighted by Gasteiger charge is 2.30. The van der Waals surface area contributed by atoms with Gasteiger partial charge in [0.15, 0.2) is 0 Å². The Kier molecular flexibility index (Phi) is 3.84. The number of nitrogens with zero attached hydrogens (tertiary/aromatic N) is 1. The van der Waals surface area contributed by atoms with E-state index in [2.05, 4.69) is 16.5 Å². The van der Waals surface area contributed by atoms with Gasteiger partial charge in [-0.25, -0.2) is 0 Å². The van der Waals surface area contributed by atoms with Crippen molar-refractivity contribution in [2.45, 2.75) is 38.6 Å². The molecule has 2 aliphatic rings. The molecule has 17 heavy (non-hydrogen) atoms. The molecule has 0 aromatic carbocycles. The van der Waals surface area contributed by atoms with Crippen LogP contribution in [0.3, 0.4) is 0 Å². The van der Waals surface area contributed by atoms with Crippen molar-refractivity contribution in [1.29, 1.82) is 0 Å². The van der Waals surface area contributed by atoms with Crippen LogP contribution in [0.25, 0.3) is 0 Å². The Balaban J connectivity index is 1.97. The molecule has 2 rings (SSSR count). The number of hydrogen-bond donors (Lipinski definition) is 2.